The first-order valence-corrected chi connectivity index (χ1v) is 7.44. The molecule has 132 valence electrons. The van der Waals surface area contributed by atoms with Gasteiger partial charge in [-0.2, -0.15) is 5.26 Å². The molecule has 0 spiro atoms. The zero-order valence-electron chi connectivity index (χ0n) is 13.8. The Morgan fingerprint density at radius 2 is 1.96 bits per heavy atom. The van der Waals surface area contributed by atoms with Crippen molar-refractivity contribution in [3.8, 4) is 6.07 Å². The molecule has 1 amide bonds. The summed E-state index contributed by atoms with van der Waals surface area (Å²) in [4.78, 5) is 36.1. The molecule has 0 aliphatic heterocycles. The van der Waals surface area contributed by atoms with E-state index >= 15 is 0 Å². The van der Waals surface area contributed by atoms with Gasteiger partial charge in [0.2, 0.25) is 5.78 Å². The van der Waals surface area contributed by atoms with Crippen LogP contribution in [0.15, 0.2) is 58.3 Å². The van der Waals surface area contributed by atoms with E-state index in [9.17, 15) is 14.4 Å². The van der Waals surface area contributed by atoms with Gasteiger partial charge in [-0.15, -0.1) is 0 Å². The summed E-state index contributed by atoms with van der Waals surface area (Å²) in [5, 5.41) is 11.4. The number of esters is 1. The highest BCUT2D eigenvalue weighted by molar-refractivity contribution is 6.07. The van der Waals surface area contributed by atoms with Crippen LogP contribution >= 0.6 is 0 Å². The van der Waals surface area contributed by atoms with Gasteiger partial charge in [-0.25, -0.2) is 4.79 Å². The first-order valence-electron chi connectivity index (χ1n) is 7.44. The number of ketones is 1. The van der Waals surface area contributed by atoms with Crippen molar-refractivity contribution in [2.75, 3.05) is 11.9 Å². The number of allylic oxidation sites excluding steroid dienone is 1. The summed E-state index contributed by atoms with van der Waals surface area (Å²) in [5.41, 5.74) is 5.45. The molecule has 0 saturated heterocycles. The van der Waals surface area contributed by atoms with Crippen molar-refractivity contribution < 1.29 is 23.5 Å². The van der Waals surface area contributed by atoms with E-state index in [0.29, 0.717) is 0 Å². The van der Waals surface area contributed by atoms with E-state index in [1.807, 2.05) is 0 Å². The summed E-state index contributed by atoms with van der Waals surface area (Å²) in [6.45, 7) is 0.758. The van der Waals surface area contributed by atoms with Gasteiger partial charge >= 0.3 is 5.97 Å². The molecule has 2 aromatic rings. The van der Waals surface area contributed by atoms with Gasteiger partial charge in [0.1, 0.15) is 11.6 Å². The molecule has 0 radical (unpaired) electrons. The largest absolute Gasteiger partial charge is 0.459 e. The number of benzene rings is 1. The number of Topliss-reactive ketones (excluding diaryl/α,β-unsaturated/α-hetero) is 1. The van der Waals surface area contributed by atoms with Crippen LogP contribution in [0.3, 0.4) is 0 Å². The topological polar surface area (TPSA) is 135 Å². The van der Waals surface area contributed by atoms with Crippen LogP contribution in [-0.4, -0.2) is 24.3 Å². The van der Waals surface area contributed by atoms with Crippen LogP contribution in [0.1, 0.15) is 27.8 Å². The van der Waals surface area contributed by atoms with Gasteiger partial charge in [0.25, 0.3) is 5.91 Å². The number of ether oxygens (including phenoxy) is 1. The number of hydrogen-bond acceptors (Lipinski definition) is 7. The molecule has 2 rings (SSSR count). The highest BCUT2D eigenvalue weighted by Crippen LogP contribution is 2.18. The molecule has 0 saturated carbocycles. The summed E-state index contributed by atoms with van der Waals surface area (Å²) in [7, 11) is 0. The van der Waals surface area contributed by atoms with Crippen molar-refractivity contribution in [3.05, 3.63) is 65.3 Å². The van der Waals surface area contributed by atoms with Crippen LogP contribution in [0, 0.1) is 11.3 Å². The molecule has 1 aromatic carbocycles. The van der Waals surface area contributed by atoms with E-state index in [2.05, 4.69) is 5.32 Å². The maximum atomic E-state index is 12.2. The number of carbonyl (C=O) groups excluding carboxylic acids is 3. The van der Waals surface area contributed by atoms with E-state index in [1.54, 1.807) is 24.3 Å². The van der Waals surface area contributed by atoms with E-state index < -0.39 is 24.3 Å². The van der Waals surface area contributed by atoms with E-state index in [0.717, 1.165) is 0 Å². The Hall–Kier alpha value is -3.86. The number of nitrogens with one attached hydrogen (secondary N) is 1. The Morgan fingerprint density at radius 3 is 2.58 bits per heavy atom. The second kappa shape index (κ2) is 8.30. The molecule has 1 heterocycles. The summed E-state index contributed by atoms with van der Waals surface area (Å²) in [5.74, 6) is -2.01. The number of amides is 1. The van der Waals surface area contributed by atoms with Crippen molar-refractivity contribution in [3.63, 3.8) is 0 Å². The number of nitrogens with two attached hydrogens (primary N) is 1. The molecule has 1 aromatic heterocycles. The van der Waals surface area contributed by atoms with Crippen LogP contribution in [-0.2, 0) is 9.53 Å². The fourth-order valence-corrected chi connectivity index (χ4v) is 2.01. The minimum absolute atomic E-state index is 0.0414. The second-order valence-electron chi connectivity index (χ2n) is 5.15. The lowest BCUT2D eigenvalue weighted by molar-refractivity contribution is -0.118. The number of furan rings is 1. The van der Waals surface area contributed by atoms with Crippen LogP contribution in [0.2, 0.25) is 0 Å². The molecular formula is C18H15N3O5. The van der Waals surface area contributed by atoms with Gasteiger partial charge < -0.3 is 20.2 Å². The third kappa shape index (κ3) is 4.36. The number of hydrogen-bond donors (Lipinski definition) is 2. The van der Waals surface area contributed by atoms with E-state index in [1.165, 1.54) is 31.4 Å². The van der Waals surface area contributed by atoms with E-state index in [4.69, 9.17) is 20.1 Å². The molecule has 26 heavy (non-hydrogen) atoms. The van der Waals surface area contributed by atoms with Crippen LogP contribution in [0.5, 0.6) is 0 Å². The molecule has 0 aliphatic rings. The SMILES string of the molecule is C/C(N)=C(/C#N)C(=O)COC(=O)c1ccccc1NC(=O)c1ccco1. The number of nitriles is 1. The number of anilines is 1. The third-order valence-corrected chi connectivity index (χ3v) is 3.26. The predicted octanol–water partition coefficient (Wildman–Crippen LogP) is 2.01. The fourth-order valence-electron chi connectivity index (χ4n) is 2.01. The minimum atomic E-state index is -0.833. The molecule has 8 nitrogen and oxygen atoms in total. The average molecular weight is 353 g/mol. The third-order valence-electron chi connectivity index (χ3n) is 3.26. The molecule has 0 aliphatic carbocycles. The second-order valence-corrected chi connectivity index (χ2v) is 5.15. The number of para-hydroxylation sites is 1. The Labute approximate surface area is 148 Å². The summed E-state index contributed by atoms with van der Waals surface area (Å²) < 4.78 is 9.92. The van der Waals surface area contributed by atoms with Gasteiger partial charge in [-0.3, -0.25) is 9.59 Å². The Morgan fingerprint density at radius 1 is 1.23 bits per heavy atom. The maximum absolute atomic E-state index is 12.2. The normalized spacial score (nSPS) is 11.1. The van der Waals surface area contributed by atoms with Gasteiger partial charge in [-0.05, 0) is 31.2 Å². The van der Waals surface area contributed by atoms with Crippen LogP contribution in [0.4, 0.5) is 5.69 Å². The molecule has 8 heteroatoms. The van der Waals surface area contributed by atoms with Crippen molar-refractivity contribution in [2.24, 2.45) is 5.73 Å². The monoisotopic (exact) mass is 353 g/mol. The van der Waals surface area contributed by atoms with E-state index in [-0.39, 0.29) is 28.3 Å². The number of carbonyl (C=O) groups is 3. The van der Waals surface area contributed by atoms with Crippen molar-refractivity contribution in [1.82, 2.24) is 0 Å². The van der Waals surface area contributed by atoms with Gasteiger partial charge in [0, 0.05) is 5.70 Å². The predicted molar refractivity (Wildman–Crippen MR) is 90.9 cm³/mol. The summed E-state index contributed by atoms with van der Waals surface area (Å²) in [6, 6.07) is 10.8. The average Bonchev–Trinajstić information content (AvgIpc) is 3.15. The quantitative estimate of drug-likeness (QED) is 0.460. The van der Waals surface area contributed by atoms with Gasteiger partial charge in [0.05, 0.1) is 17.5 Å². The number of rotatable bonds is 6. The lowest BCUT2D eigenvalue weighted by Crippen LogP contribution is -2.19. The Bertz CT molecular complexity index is 903. The molecule has 0 bridgehead atoms. The summed E-state index contributed by atoms with van der Waals surface area (Å²) in [6.07, 6.45) is 1.35. The molecular weight excluding hydrogens is 338 g/mol. The van der Waals surface area contributed by atoms with Crippen molar-refractivity contribution in [1.29, 1.82) is 5.26 Å². The smallest absolute Gasteiger partial charge is 0.340 e. The molecule has 0 atom stereocenters. The zero-order valence-corrected chi connectivity index (χ0v) is 13.8. The fraction of sp³-hybridized carbons (Fsp3) is 0.111. The maximum Gasteiger partial charge on any atom is 0.340 e. The first kappa shape index (κ1) is 18.5. The first-order chi connectivity index (χ1) is 12.4. The highest BCUT2D eigenvalue weighted by atomic mass is 16.5. The Kier molecular flexibility index (Phi) is 5.90. The lowest BCUT2D eigenvalue weighted by Gasteiger charge is -2.10. The van der Waals surface area contributed by atoms with Gasteiger partial charge in [-0.1, -0.05) is 12.1 Å². The Balaban J connectivity index is 2.10. The standard InChI is InChI=1S/C18H15N3O5/c1-11(20)13(9-19)15(22)10-26-18(24)12-5-2-3-6-14(12)21-17(23)16-7-4-8-25-16/h2-8H,10,20H2,1H3,(H,21,23)/b13-11+. The molecule has 0 fully saturated rings. The molecule has 3 N–H and O–H groups in total. The van der Waals surface area contributed by atoms with Gasteiger partial charge in [0.15, 0.2) is 12.4 Å². The zero-order chi connectivity index (χ0) is 19.1. The van der Waals surface area contributed by atoms with Crippen molar-refractivity contribution >= 4 is 23.3 Å². The minimum Gasteiger partial charge on any atom is -0.459 e. The summed E-state index contributed by atoms with van der Waals surface area (Å²) >= 11 is 0. The molecule has 0 unspecified atom stereocenters. The van der Waals surface area contributed by atoms with Crippen LogP contribution in [0.25, 0.3) is 0 Å². The number of nitrogens with zero attached hydrogens (tertiary/aromatic N) is 1. The lowest BCUT2D eigenvalue weighted by atomic mass is 10.1. The van der Waals surface area contributed by atoms with Crippen LogP contribution < -0.4 is 11.1 Å². The highest BCUT2D eigenvalue weighted by Gasteiger charge is 2.19. The van der Waals surface area contributed by atoms with Crippen molar-refractivity contribution in [2.45, 2.75) is 6.92 Å².